The second kappa shape index (κ2) is 6.28. The van der Waals surface area contributed by atoms with Crippen LogP contribution in [0.3, 0.4) is 0 Å². The van der Waals surface area contributed by atoms with E-state index < -0.39 is 5.91 Å². The van der Waals surface area contributed by atoms with Gasteiger partial charge in [-0.2, -0.15) is 0 Å². The monoisotopic (exact) mass is 343 g/mol. The first-order valence-electron chi connectivity index (χ1n) is 7.97. The van der Waals surface area contributed by atoms with Crippen LogP contribution < -0.4 is 11.5 Å². The molecular formula is C18H21N3O2S. The molecule has 0 saturated heterocycles. The first kappa shape index (κ1) is 16.5. The van der Waals surface area contributed by atoms with Crippen LogP contribution in [-0.4, -0.2) is 16.7 Å². The molecule has 0 bridgehead atoms. The lowest BCUT2D eigenvalue weighted by Gasteiger charge is -2.11. The van der Waals surface area contributed by atoms with Crippen molar-refractivity contribution in [3.8, 4) is 5.75 Å². The van der Waals surface area contributed by atoms with Gasteiger partial charge in [-0.1, -0.05) is 0 Å². The van der Waals surface area contributed by atoms with Gasteiger partial charge in [0.1, 0.15) is 10.8 Å². The molecule has 2 aromatic rings. The fourth-order valence-electron chi connectivity index (χ4n) is 3.38. The maximum absolute atomic E-state index is 12.0. The maximum Gasteiger partial charge on any atom is 0.252 e. The molecule has 0 atom stereocenters. The molecule has 5 N–H and O–H groups in total. The van der Waals surface area contributed by atoms with Crippen molar-refractivity contribution >= 4 is 33.6 Å². The summed E-state index contributed by atoms with van der Waals surface area (Å²) in [7, 11) is 0. The van der Waals surface area contributed by atoms with Crippen molar-refractivity contribution in [2.75, 3.05) is 5.73 Å². The topological polar surface area (TPSA) is 102 Å². The highest BCUT2D eigenvalue weighted by Gasteiger charge is 2.24. The quantitative estimate of drug-likeness (QED) is 0.587. The Labute approximate surface area is 145 Å². The lowest BCUT2D eigenvalue weighted by Crippen LogP contribution is -2.14. The van der Waals surface area contributed by atoms with Crippen LogP contribution >= 0.6 is 11.3 Å². The zero-order chi connectivity index (χ0) is 17.4. The molecule has 0 spiro atoms. The van der Waals surface area contributed by atoms with E-state index in [1.165, 1.54) is 10.9 Å². The van der Waals surface area contributed by atoms with E-state index >= 15 is 0 Å². The molecule has 1 amide bonds. The number of aliphatic imine (C=N–C) groups is 1. The fourth-order valence-corrected chi connectivity index (χ4v) is 4.70. The number of aromatic hydroxyl groups is 1. The van der Waals surface area contributed by atoms with Gasteiger partial charge in [0.25, 0.3) is 5.91 Å². The molecule has 6 heteroatoms. The zero-order valence-electron chi connectivity index (χ0n) is 13.8. The summed E-state index contributed by atoms with van der Waals surface area (Å²) in [5.74, 6) is -0.290. The van der Waals surface area contributed by atoms with Crippen LogP contribution in [0, 0.1) is 6.92 Å². The molecule has 126 valence electrons. The summed E-state index contributed by atoms with van der Waals surface area (Å²) < 4.78 is 0. The molecule has 0 aliphatic heterocycles. The second-order valence-corrected chi connectivity index (χ2v) is 7.26. The number of nitrogen functional groups attached to an aromatic ring is 1. The zero-order valence-corrected chi connectivity index (χ0v) is 14.7. The molecular weight excluding hydrogens is 322 g/mol. The van der Waals surface area contributed by atoms with Crippen LogP contribution in [0.15, 0.2) is 17.1 Å². The van der Waals surface area contributed by atoms with Crippen molar-refractivity contribution in [2.24, 2.45) is 10.7 Å². The lowest BCUT2D eigenvalue weighted by molar-refractivity contribution is 0.100. The second-order valence-electron chi connectivity index (χ2n) is 6.18. The highest BCUT2D eigenvalue weighted by atomic mass is 32.1. The van der Waals surface area contributed by atoms with Gasteiger partial charge >= 0.3 is 0 Å². The van der Waals surface area contributed by atoms with Gasteiger partial charge in [-0.05, 0) is 56.7 Å². The predicted molar refractivity (Wildman–Crippen MR) is 98.6 cm³/mol. The molecule has 0 saturated carbocycles. The summed E-state index contributed by atoms with van der Waals surface area (Å²) in [6.45, 7) is 3.73. The Balaban J connectivity index is 2.12. The van der Waals surface area contributed by atoms with Gasteiger partial charge in [-0.25, -0.2) is 4.99 Å². The number of phenols is 1. The van der Waals surface area contributed by atoms with Crippen LogP contribution in [0.1, 0.15) is 51.7 Å². The third-order valence-corrected chi connectivity index (χ3v) is 5.57. The summed E-state index contributed by atoms with van der Waals surface area (Å²) >= 11 is 1.55. The molecule has 0 radical (unpaired) electrons. The predicted octanol–water partition coefficient (Wildman–Crippen LogP) is 3.46. The summed E-state index contributed by atoms with van der Waals surface area (Å²) in [6.07, 6.45) is 4.09. The van der Waals surface area contributed by atoms with Gasteiger partial charge in [-0.3, -0.25) is 4.79 Å². The molecule has 5 nitrogen and oxygen atoms in total. The molecule has 0 unspecified atom stereocenters. The summed E-state index contributed by atoms with van der Waals surface area (Å²) in [6, 6.07) is 3.16. The number of hydrogen-bond donors (Lipinski definition) is 3. The number of thiophene rings is 1. The number of carbonyl (C=O) groups is 1. The number of aryl methyl sites for hydroxylation is 2. The van der Waals surface area contributed by atoms with Crippen LogP contribution in [-0.2, 0) is 12.8 Å². The minimum Gasteiger partial charge on any atom is -0.508 e. The summed E-state index contributed by atoms with van der Waals surface area (Å²) in [4.78, 5) is 17.9. The Morgan fingerprint density at radius 3 is 2.62 bits per heavy atom. The van der Waals surface area contributed by atoms with Crippen molar-refractivity contribution in [3.63, 3.8) is 0 Å². The largest absolute Gasteiger partial charge is 0.508 e. The van der Waals surface area contributed by atoms with Crippen molar-refractivity contribution in [2.45, 2.75) is 39.5 Å². The third kappa shape index (κ3) is 2.89. The van der Waals surface area contributed by atoms with Gasteiger partial charge in [0.15, 0.2) is 0 Å². The number of nitrogens with two attached hydrogens (primary N) is 2. The van der Waals surface area contributed by atoms with Crippen LogP contribution in [0.5, 0.6) is 5.75 Å². The number of nitrogens with zero attached hydrogens (tertiary/aromatic N) is 1. The Morgan fingerprint density at radius 1 is 1.25 bits per heavy atom. The number of amides is 1. The minimum absolute atomic E-state index is 0.131. The minimum atomic E-state index is -0.420. The fraction of sp³-hybridized carbons (Fsp3) is 0.333. The summed E-state index contributed by atoms with van der Waals surface area (Å²) in [5, 5.41) is 10.3. The standard InChI is InChI=1S/C18H21N3O2S/c1-9-7-11(22)8-13(19)15(9)10(2)21-18-16(17(20)23)12-5-3-4-6-14(12)24-18/h7-8,22H,3-6,19H2,1-2H3,(H2,20,23)/b21-10+. The molecule has 1 heterocycles. The van der Waals surface area contributed by atoms with E-state index in [1.807, 2.05) is 13.8 Å². The van der Waals surface area contributed by atoms with E-state index in [0.29, 0.717) is 22.0 Å². The van der Waals surface area contributed by atoms with E-state index in [2.05, 4.69) is 4.99 Å². The molecule has 0 fully saturated rings. The molecule has 1 aliphatic rings. The number of rotatable bonds is 3. The van der Waals surface area contributed by atoms with E-state index in [9.17, 15) is 9.90 Å². The van der Waals surface area contributed by atoms with Crippen molar-refractivity contribution in [3.05, 3.63) is 39.3 Å². The average molecular weight is 343 g/mol. The number of phenolic OH excluding ortho intramolecular Hbond substituents is 1. The number of fused-ring (bicyclic) bond motifs is 1. The Kier molecular flexibility index (Phi) is 4.32. The maximum atomic E-state index is 12.0. The van der Waals surface area contributed by atoms with Crippen molar-refractivity contribution in [1.82, 2.24) is 0 Å². The number of primary amides is 1. The van der Waals surface area contributed by atoms with E-state index in [1.54, 1.807) is 17.4 Å². The lowest BCUT2D eigenvalue weighted by atomic mass is 9.95. The van der Waals surface area contributed by atoms with E-state index in [-0.39, 0.29) is 5.75 Å². The third-order valence-electron chi connectivity index (χ3n) is 4.38. The van der Waals surface area contributed by atoms with Crippen molar-refractivity contribution < 1.29 is 9.90 Å². The smallest absolute Gasteiger partial charge is 0.252 e. The Bertz CT molecular complexity index is 829. The van der Waals surface area contributed by atoms with Gasteiger partial charge in [0.2, 0.25) is 0 Å². The molecule has 3 rings (SSSR count). The van der Waals surface area contributed by atoms with Gasteiger partial charge in [0.05, 0.1) is 5.56 Å². The van der Waals surface area contributed by atoms with Gasteiger partial charge in [-0.15, -0.1) is 11.3 Å². The first-order valence-corrected chi connectivity index (χ1v) is 8.79. The first-order chi connectivity index (χ1) is 11.4. The van der Waals surface area contributed by atoms with E-state index in [0.717, 1.165) is 42.4 Å². The highest BCUT2D eigenvalue weighted by molar-refractivity contribution is 7.16. The Hall–Kier alpha value is -2.34. The van der Waals surface area contributed by atoms with Gasteiger partial charge < -0.3 is 16.6 Å². The van der Waals surface area contributed by atoms with Crippen LogP contribution in [0.2, 0.25) is 0 Å². The van der Waals surface area contributed by atoms with Crippen molar-refractivity contribution in [1.29, 1.82) is 0 Å². The molecule has 24 heavy (non-hydrogen) atoms. The normalized spacial score (nSPS) is 14.5. The highest BCUT2D eigenvalue weighted by Crippen LogP contribution is 2.40. The number of benzene rings is 1. The number of anilines is 1. The SMILES string of the molecule is C/C(=N\c1sc2c(c1C(N)=O)CCCC2)c1c(C)cc(O)cc1N. The average Bonchev–Trinajstić information content (AvgIpc) is 2.83. The molecule has 1 aromatic carbocycles. The van der Waals surface area contributed by atoms with E-state index in [4.69, 9.17) is 11.5 Å². The van der Waals surface area contributed by atoms with Crippen LogP contribution in [0.4, 0.5) is 10.7 Å². The number of hydrogen-bond acceptors (Lipinski definition) is 5. The Morgan fingerprint density at radius 2 is 1.96 bits per heavy atom. The summed E-state index contributed by atoms with van der Waals surface area (Å²) in [5.41, 5.74) is 16.1. The molecule has 1 aliphatic carbocycles. The number of carbonyl (C=O) groups excluding carboxylic acids is 1. The van der Waals surface area contributed by atoms with Crippen LogP contribution in [0.25, 0.3) is 0 Å². The molecule has 1 aromatic heterocycles. The van der Waals surface area contributed by atoms with Gasteiger partial charge in [0, 0.05) is 27.9 Å².